The smallest absolute Gasteiger partial charge is 0.243 e. The zero-order chi connectivity index (χ0) is 11.2. The van der Waals surface area contributed by atoms with Gasteiger partial charge in [-0.25, -0.2) is 4.52 Å². The molecule has 0 aromatic carbocycles. The normalized spacial score (nSPS) is 17.6. The average molecular weight is 237 g/mol. The van der Waals surface area contributed by atoms with Crippen molar-refractivity contribution in [1.82, 2.24) is 14.6 Å². The lowest BCUT2D eigenvalue weighted by Gasteiger charge is -2.06. The lowest BCUT2D eigenvalue weighted by atomic mass is 10.1. The van der Waals surface area contributed by atoms with Crippen molar-refractivity contribution in [3.63, 3.8) is 0 Å². The van der Waals surface area contributed by atoms with Crippen LogP contribution in [0, 0.1) is 5.41 Å². The van der Waals surface area contributed by atoms with Crippen LogP contribution in [0.15, 0.2) is 18.3 Å². The van der Waals surface area contributed by atoms with E-state index in [-0.39, 0.29) is 0 Å². The molecule has 1 fully saturated rings. The number of rotatable bonds is 3. The quantitative estimate of drug-likeness (QED) is 0.891. The summed E-state index contributed by atoms with van der Waals surface area (Å²) < 4.78 is 1.69. The van der Waals surface area contributed by atoms with Gasteiger partial charge < -0.3 is 5.32 Å². The molecule has 2 aromatic heterocycles. The molecule has 0 atom stereocenters. The summed E-state index contributed by atoms with van der Waals surface area (Å²) in [6, 6.07) is 3.68. The van der Waals surface area contributed by atoms with Crippen LogP contribution >= 0.6 is 11.6 Å². The Morgan fingerprint density at radius 2 is 2.31 bits per heavy atom. The Labute approximate surface area is 98.6 Å². The molecule has 0 aliphatic heterocycles. The van der Waals surface area contributed by atoms with Gasteiger partial charge >= 0.3 is 0 Å². The summed E-state index contributed by atoms with van der Waals surface area (Å²) in [6.45, 7) is 3.21. The van der Waals surface area contributed by atoms with E-state index in [1.165, 1.54) is 12.8 Å². The Bertz CT molecular complexity index is 530. The van der Waals surface area contributed by atoms with Gasteiger partial charge in [0.05, 0.1) is 5.02 Å². The highest BCUT2D eigenvalue weighted by atomic mass is 35.5. The Morgan fingerprint density at radius 3 is 3.06 bits per heavy atom. The highest BCUT2D eigenvalue weighted by molar-refractivity contribution is 6.30. The van der Waals surface area contributed by atoms with Crippen molar-refractivity contribution in [3.8, 4) is 0 Å². The molecule has 4 nitrogen and oxygen atoms in total. The molecular weight excluding hydrogens is 224 g/mol. The highest BCUT2D eigenvalue weighted by Crippen LogP contribution is 2.44. The van der Waals surface area contributed by atoms with Crippen LogP contribution in [-0.4, -0.2) is 21.1 Å². The summed E-state index contributed by atoms with van der Waals surface area (Å²) in [6.07, 6.45) is 4.34. The number of hydrogen-bond donors (Lipinski definition) is 1. The monoisotopic (exact) mass is 236 g/mol. The van der Waals surface area contributed by atoms with Gasteiger partial charge in [-0.3, -0.25) is 0 Å². The van der Waals surface area contributed by atoms with Crippen LogP contribution in [-0.2, 0) is 0 Å². The number of anilines is 1. The Morgan fingerprint density at radius 1 is 1.50 bits per heavy atom. The second-order valence-electron chi connectivity index (χ2n) is 4.75. The fourth-order valence-corrected chi connectivity index (χ4v) is 1.77. The van der Waals surface area contributed by atoms with Crippen LogP contribution in [0.4, 0.5) is 5.95 Å². The lowest BCUT2D eigenvalue weighted by Crippen LogP contribution is -2.12. The summed E-state index contributed by atoms with van der Waals surface area (Å²) in [5, 5.41) is 8.25. The van der Waals surface area contributed by atoms with Gasteiger partial charge in [0.25, 0.3) is 0 Å². The van der Waals surface area contributed by atoms with Gasteiger partial charge in [0, 0.05) is 12.7 Å². The number of nitrogens with zero attached hydrogens (tertiary/aromatic N) is 3. The predicted molar refractivity (Wildman–Crippen MR) is 63.8 cm³/mol. The van der Waals surface area contributed by atoms with Crippen LogP contribution in [0.1, 0.15) is 19.8 Å². The Hall–Kier alpha value is -1.29. The third kappa shape index (κ3) is 1.85. The third-order valence-electron chi connectivity index (χ3n) is 3.07. The van der Waals surface area contributed by atoms with Crippen LogP contribution in [0.25, 0.3) is 5.65 Å². The molecule has 3 rings (SSSR count). The number of aromatic nitrogens is 3. The summed E-state index contributed by atoms with van der Waals surface area (Å²) in [7, 11) is 0. The Balaban J connectivity index is 1.82. The van der Waals surface area contributed by atoms with Gasteiger partial charge in [-0.2, -0.15) is 4.98 Å². The van der Waals surface area contributed by atoms with E-state index >= 15 is 0 Å². The topological polar surface area (TPSA) is 42.2 Å². The average Bonchev–Trinajstić information content (AvgIpc) is 2.85. The molecule has 0 unspecified atom stereocenters. The predicted octanol–water partition coefficient (Wildman–Crippen LogP) is 2.59. The van der Waals surface area contributed by atoms with E-state index in [0.29, 0.717) is 16.4 Å². The molecule has 1 N–H and O–H groups in total. The van der Waals surface area contributed by atoms with E-state index in [1.807, 2.05) is 12.1 Å². The van der Waals surface area contributed by atoms with Crippen LogP contribution in [0.5, 0.6) is 0 Å². The molecular formula is C11H13ClN4. The van der Waals surface area contributed by atoms with Crippen molar-refractivity contribution in [2.75, 3.05) is 11.9 Å². The van der Waals surface area contributed by atoms with Crippen molar-refractivity contribution in [1.29, 1.82) is 0 Å². The van der Waals surface area contributed by atoms with Crippen molar-refractivity contribution in [2.45, 2.75) is 19.8 Å². The minimum Gasteiger partial charge on any atom is -0.352 e. The molecule has 2 aromatic rings. The van der Waals surface area contributed by atoms with Crippen molar-refractivity contribution in [3.05, 3.63) is 23.4 Å². The largest absolute Gasteiger partial charge is 0.352 e. The maximum Gasteiger partial charge on any atom is 0.243 e. The van der Waals surface area contributed by atoms with E-state index in [9.17, 15) is 0 Å². The third-order valence-corrected chi connectivity index (χ3v) is 3.30. The highest BCUT2D eigenvalue weighted by Gasteiger charge is 2.37. The standard InChI is InChI=1S/C11H13ClN4/c1-11(4-5-11)7-13-10-14-9-3-2-8(12)6-16(9)15-10/h2-3,6H,4-5,7H2,1H3,(H,13,15). The van der Waals surface area contributed by atoms with Crippen LogP contribution in [0.2, 0.25) is 5.02 Å². The minimum absolute atomic E-state index is 0.453. The molecule has 0 spiro atoms. The summed E-state index contributed by atoms with van der Waals surface area (Å²) in [4.78, 5) is 4.37. The number of fused-ring (bicyclic) bond motifs is 1. The second-order valence-corrected chi connectivity index (χ2v) is 5.19. The van der Waals surface area contributed by atoms with Gasteiger partial charge in [-0.1, -0.05) is 18.5 Å². The molecule has 1 saturated carbocycles. The molecule has 0 amide bonds. The van der Waals surface area contributed by atoms with Gasteiger partial charge in [0.15, 0.2) is 5.65 Å². The summed E-state index contributed by atoms with van der Waals surface area (Å²) in [5.74, 6) is 0.676. The number of nitrogens with one attached hydrogen (secondary N) is 1. The fourth-order valence-electron chi connectivity index (χ4n) is 1.62. The maximum atomic E-state index is 5.88. The molecule has 0 radical (unpaired) electrons. The molecule has 5 heteroatoms. The van der Waals surface area contributed by atoms with Crippen molar-refractivity contribution in [2.24, 2.45) is 5.41 Å². The SMILES string of the molecule is CC1(CNc2nc3ccc(Cl)cn3n2)CC1. The lowest BCUT2D eigenvalue weighted by molar-refractivity contribution is 0.607. The van der Waals surface area contributed by atoms with Crippen molar-refractivity contribution >= 4 is 23.2 Å². The van der Waals surface area contributed by atoms with E-state index < -0.39 is 0 Å². The maximum absolute atomic E-state index is 5.88. The van der Waals surface area contributed by atoms with Gasteiger partial charge in [0.2, 0.25) is 5.95 Å². The molecule has 2 heterocycles. The number of pyridine rings is 1. The first-order valence-electron chi connectivity index (χ1n) is 5.41. The molecule has 1 aliphatic carbocycles. The van der Waals surface area contributed by atoms with Crippen LogP contribution in [0.3, 0.4) is 0 Å². The van der Waals surface area contributed by atoms with Gasteiger partial charge in [-0.15, -0.1) is 5.10 Å². The molecule has 0 saturated heterocycles. The van der Waals surface area contributed by atoms with E-state index in [0.717, 1.165) is 12.2 Å². The van der Waals surface area contributed by atoms with Gasteiger partial charge in [-0.05, 0) is 30.4 Å². The molecule has 84 valence electrons. The first-order valence-corrected chi connectivity index (χ1v) is 5.78. The second kappa shape index (κ2) is 3.35. The number of halogens is 1. The summed E-state index contributed by atoms with van der Waals surface area (Å²) >= 11 is 5.88. The first-order chi connectivity index (χ1) is 7.65. The zero-order valence-electron chi connectivity index (χ0n) is 9.07. The number of hydrogen-bond acceptors (Lipinski definition) is 3. The Kier molecular flexibility index (Phi) is 2.07. The molecule has 0 bridgehead atoms. The molecule has 1 aliphatic rings. The van der Waals surface area contributed by atoms with Crippen LogP contribution < -0.4 is 5.32 Å². The first kappa shape index (κ1) is 9.90. The molecule has 16 heavy (non-hydrogen) atoms. The van der Waals surface area contributed by atoms with E-state index in [4.69, 9.17) is 11.6 Å². The fraction of sp³-hybridized carbons (Fsp3) is 0.455. The van der Waals surface area contributed by atoms with Crippen molar-refractivity contribution < 1.29 is 0 Å². The zero-order valence-corrected chi connectivity index (χ0v) is 9.83. The summed E-state index contributed by atoms with van der Waals surface area (Å²) in [5.41, 5.74) is 1.27. The van der Waals surface area contributed by atoms with E-state index in [1.54, 1.807) is 10.7 Å². The van der Waals surface area contributed by atoms with Gasteiger partial charge in [0.1, 0.15) is 0 Å². The minimum atomic E-state index is 0.453. The van der Waals surface area contributed by atoms with E-state index in [2.05, 4.69) is 22.3 Å².